The van der Waals surface area contributed by atoms with E-state index in [1.54, 1.807) is 6.92 Å². The monoisotopic (exact) mass is 243 g/mol. The van der Waals surface area contributed by atoms with Gasteiger partial charge in [0.15, 0.2) is 0 Å². The molecule has 2 rings (SSSR count). The first-order valence-corrected chi connectivity index (χ1v) is 6.32. The summed E-state index contributed by atoms with van der Waals surface area (Å²) in [4.78, 5) is 11.9. The number of rotatable bonds is 6. The first-order chi connectivity index (χ1) is 8.16. The predicted octanol–water partition coefficient (Wildman–Crippen LogP) is 0.463. The van der Waals surface area contributed by atoms with E-state index in [1.807, 2.05) is 0 Å². The van der Waals surface area contributed by atoms with Gasteiger partial charge in [-0.3, -0.25) is 0 Å². The summed E-state index contributed by atoms with van der Waals surface area (Å²) in [5, 5.41) is 0. The summed E-state index contributed by atoms with van der Waals surface area (Å²) in [5.41, 5.74) is 5.21. The van der Waals surface area contributed by atoms with E-state index in [4.69, 9.17) is 19.9 Å². The Morgan fingerprint density at radius 1 is 1.47 bits per heavy atom. The average molecular weight is 243 g/mol. The van der Waals surface area contributed by atoms with E-state index in [0.717, 1.165) is 25.9 Å². The molecule has 2 unspecified atom stereocenters. The molecule has 5 heteroatoms. The molecule has 0 bridgehead atoms. The van der Waals surface area contributed by atoms with Crippen LogP contribution in [0, 0.1) is 5.92 Å². The smallest absolute Gasteiger partial charge is 0.328 e. The Morgan fingerprint density at radius 3 is 2.76 bits per heavy atom. The Labute approximate surface area is 102 Å². The van der Waals surface area contributed by atoms with E-state index in [9.17, 15) is 4.79 Å². The topological polar surface area (TPSA) is 70.8 Å². The molecule has 17 heavy (non-hydrogen) atoms. The van der Waals surface area contributed by atoms with E-state index in [-0.39, 0.29) is 24.6 Å². The fourth-order valence-corrected chi connectivity index (χ4v) is 2.11. The van der Waals surface area contributed by atoms with E-state index in [2.05, 4.69) is 0 Å². The van der Waals surface area contributed by atoms with Gasteiger partial charge in [0.25, 0.3) is 0 Å². The van der Waals surface area contributed by atoms with Crippen LogP contribution in [-0.2, 0) is 19.0 Å². The number of hydrogen-bond acceptors (Lipinski definition) is 5. The highest BCUT2D eigenvalue weighted by Crippen LogP contribution is 2.39. The third-order valence-corrected chi connectivity index (χ3v) is 3.41. The molecule has 1 aliphatic carbocycles. The molecule has 2 atom stereocenters. The maximum atomic E-state index is 11.9. The van der Waals surface area contributed by atoms with Crippen LogP contribution in [0.5, 0.6) is 0 Å². The van der Waals surface area contributed by atoms with Gasteiger partial charge in [-0.05, 0) is 32.1 Å². The van der Waals surface area contributed by atoms with Gasteiger partial charge in [0.2, 0.25) is 0 Å². The second-order valence-corrected chi connectivity index (χ2v) is 4.83. The molecule has 1 saturated carbocycles. The van der Waals surface area contributed by atoms with Crippen molar-refractivity contribution in [2.45, 2.75) is 37.8 Å². The quantitative estimate of drug-likeness (QED) is 0.686. The van der Waals surface area contributed by atoms with Crippen molar-refractivity contribution in [1.82, 2.24) is 0 Å². The van der Waals surface area contributed by atoms with Crippen molar-refractivity contribution in [2.75, 3.05) is 26.4 Å². The van der Waals surface area contributed by atoms with E-state index < -0.39 is 5.54 Å². The van der Waals surface area contributed by atoms with Gasteiger partial charge in [-0.2, -0.15) is 0 Å². The molecule has 0 aromatic carbocycles. The standard InChI is InChI=1S/C12H21NO4/c1-2-16-11(14)12(13,9-3-4-9)8-17-10-5-6-15-7-10/h9-10H,2-8,13H2,1H3. The van der Waals surface area contributed by atoms with Crippen LogP contribution in [0.15, 0.2) is 0 Å². The highest BCUT2D eigenvalue weighted by atomic mass is 16.6. The van der Waals surface area contributed by atoms with E-state index in [0.29, 0.717) is 13.2 Å². The largest absolute Gasteiger partial charge is 0.465 e. The molecule has 0 aromatic heterocycles. The van der Waals surface area contributed by atoms with Gasteiger partial charge < -0.3 is 19.9 Å². The van der Waals surface area contributed by atoms with Crippen molar-refractivity contribution in [3.63, 3.8) is 0 Å². The molecule has 1 saturated heterocycles. The first-order valence-electron chi connectivity index (χ1n) is 6.32. The van der Waals surface area contributed by atoms with Gasteiger partial charge in [-0.25, -0.2) is 4.79 Å². The first kappa shape index (κ1) is 12.8. The molecular formula is C12H21NO4. The van der Waals surface area contributed by atoms with Crippen molar-refractivity contribution < 1.29 is 19.0 Å². The summed E-state index contributed by atoms with van der Waals surface area (Å²) >= 11 is 0. The SMILES string of the molecule is CCOC(=O)C(N)(COC1CCOC1)C1CC1. The molecule has 1 aliphatic heterocycles. The van der Waals surface area contributed by atoms with E-state index in [1.165, 1.54) is 0 Å². The molecule has 0 spiro atoms. The Bertz CT molecular complexity index is 274. The Hall–Kier alpha value is -0.650. The second kappa shape index (κ2) is 5.33. The zero-order valence-electron chi connectivity index (χ0n) is 10.3. The van der Waals surface area contributed by atoms with Crippen LogP contribution >= 0.6 is 0 Å². The van der Waals surface area contributed by atoms with Gasteiger partial charge >= 0.3 is 5.97 Å². The Kier molecular flexibility index (Phi) is 4.01. The minimum atomic E-state index is -0.960. The molecule has 0 radical (unpaired) electrons. The van der Waals surface area contributed by atoms with Crippen LogP contribution in [0.25, 0.3) is 0 Å². The highest BCUT2D eigenvalue weighted by Gasteiger charge is 2.49. The summed E-state index contributed by atoms with van der Waals surface area (Å²) in [6, 6.07) is 0. The maximum absolute atomic E-state index is 11.9. The number of carbonyl (C=O) groups is 1. The maximum Gasteiger partial charge on any atom is 0.328 e. The lowest BCUT2D eigenvalue weighted by molar-refractivity contribution is -0.154. The molecule has 2 aliphatic rings. The van der Waals surface area contributed by atoms with Crippen LogP contribution in [-0.4, -0.2) is 44.0 Å². The summed E-state index contributed by atoms with van der Waals surface area (Å²) in [6.07, 6.45) is 2.93. The second-order valence-electron chi connectivity index (χ2n) is 4.83. The van der Waals surface area contributed by atoms with Crippen molar-refractivity contribution >= 4 is 5.97 Å². The summed E-state index contributed by atoms with van der Waals surface area (Å²) in [5.74, 6) is -0.120. The summed E-state index contributed by atoms with van der Waals surface area (Å²) in [6.45, 7) is 3.72. The lowest BCUT2D eigenvalue weighted by Crippen LogP contribution is -2.55. The van der Waals surface area contributed by atoms with Crippen molar-refractivity contribution in [3.05, 3.63) is 0 Å². The fraction of sp³-hybridized carbons (Fsp3) is 0.917. The van der Waals surface area contributed by atoms with Gasteiger partial charge in [0, 0.05) is 6.61 Å². The zero-order valence-corrected chi connectivity index (χ0v) is 10.3. The molecule has 1 heterocycles. The Balaban J connectivity index is 1.88. The number of ether oxygens (including phenoxy) is 3. The molecule has 98 valence electrons. The minimum Gasteiger partial charge on any atom is -0.465 e. The van der Waals surface area contributed by atoms with Crippen LogP contribution in [0.3, 0.4) is 0 Å². The molecular weight excluding hydrogens is 222 g/mol. The van der Waals surface area contributed by atoms with E-state index >= 15 is 0 Å². The fourth-order valence-electron chi connectivity index (χ4n) is 2.11. The van der Waals surface area contributed by atoms with Gasteiger partial charge in [-0.15, -0.1) is 0 Å². The Morgan fingerprint density at radius 2 is 2.24 bits per heavy atom. The summed E-state index contributed by atoms with van der Waals surface area (Å²) in [7, 11) is 0. The third kappa shape index (κ3) is 2.97. The third-order valence-electron chi connectivity index (χ3n) is 3.41. The average Bonchev–Trinajstić information content (AvgIpc) is 3.05. The zero-order chi connectivity index (χ0) is 12.3. The minimum absolute atomic E-state index is 0.0751. The number of esters is 1. The van der Waals surface area contributed by atoms with Crippen LogP contribution in [0.2, 0.25) is 0 Å². The van der Waals surface area contributed by atoms with Crippen LogP contribution in [0.1, 0.15) is 26.2 Å². The highest BCUT2D eigenvalue weighted by molar-refractivity contribution is 5.81. The molecule has 2 fully saturated rings. The molecule has 0 amide bonds. The van der Waals surface area contributed by atoms with Crippen molar-refractivity contribution in [1.29, 1.82) is 0 Å². The van der Waals surface area contributed by atoms with Crippen molar-refractivity contribution in [2.24, 2.45) is 11.7 Å². The van der Waals surface area contributed by atoms with Crippen LogP contribution < -0.4 is 5.73 Å². The number of nitrogens with two attached hydrogens (primary N) is 1. The van der Waals surface area contributed by atoms with Gasteiger partial charge in [-0.1, -0.05) is 0 Å². The molecule has 0 aromatic rings. The van der Waals surface area contributed by atoms with Gasteiger partial charge in [0.1, 0.15) is 5.54 Å². The lowest BCUT2D eigenvalue weighted by atomic mass is 9.96. The van der Waals surface area contributed by atoms with Gasteiger partial charge in [0.05, 0.1) is 25.9 Å². The van der Waals surface area contributed by atoms with Crippen molar-refractivity contribution in [3.8, 4) is 0 Å². The lowest BCUT2D eigenvalue weighted by Gasteiger charge is -2.28. The summed E-state index contributed by atoms with van der Waals surface area (Å²) < 4.78 is 16.0. The number of carbonyl (C=O) groups excluding carboxylic acids is 1. The molecule has 5 nitrogen and oxygen atoms in total. The molecule has 2 N–H and O–H groups in total. The van der Waals surface area contributed by atoms with Crippen LogP contribution in [0.4, 0.5) is 0 Å². The normalized spacial score (nSPS) is 27.8. The number of hydrogen-bond donors (Lipinski definition) is 1. The predicted molar refractivity (Wildman–Crippen MR) is 61.5 cm³/mol.